The minimum Gasteiger partial charge on any atom is -0.478 e. The van der Waals surface area contributed by atoms with Crippen LogP contribution in [-0.4, -0.2) is 76.2 Å². The molecule has 0 unspecified atom stereocenters. The van der Waals surface area contributed by atoms with Crippen molar-refractivity contribution in [2.75, 3.05) is 39.3 Å². The van der Waals surface area contributed by atoms with Crippen LogP contribution < -0.4 is 5.56 Å². The van der Waals surface area contributed by atoms with Crippen LogP contribution in [0.3, 0.4) is 0 Å². The number of aromatic nitrogens is 1. The number of carboxylic acids is 2. The number of aryl methyl sites for hydroxylation is 1. The molecule has 1 heterocycles. The second-order valence-electron chi connectivity index (χ2n) is 10.0. The third kappa shape index (κ3) is 7.68. The number of fused-ring (bicyclic) bond motifs is 3. The summed E-state index contributed by atoms with van der Waals surface area (Å²) < 4.78 is 0. The molecule has 0 atom stereocenters. The van der Waals surface area contributed by atoms with E-state index in [0.717, 1.165) is 36.0 Å². The fourth-order valence-electron chi connectivity index (χ4n) is 5.41. The van der Waals surface area contributed by atoms with Gasteiger partial charge >= 0.3 is 11.9 Å². The Balaban J connectivity index is 2.19. The summed E-state index contributed by atoms with van der Waals surface area (Å²) in [5.41, 5.74) is 1.74. The van der Waals surface area contributed by atoms with E-state index in [1.807, 2.05) is 24.3 Å². The maximum Gasteiger partial charge on any atom is 0.336 e. The Hall–Kier alpha value is -4.27. The molecule has 0 fully saturated rings. The SMILES string of the molecule is C=CCN(CC=C)CCCc1c(C(=O)O)cc2[nH]c(=O)c3cc(C(=O)O)ccc3c2c1CCCN(CC=C)CC=C. The Morgan fingerprint density at radius 3 is 1.78 bits per heavy atom. The van der Waals surface area contributed by atoms with E-state index >= 15 is 0 Å². The van der Waals surface area contributed by atoms with E-state index in [9.17, 15) is 24.6 Å². The van der Waals surface area contributed by atoms with Gasteiger partial charge in [0, 0.05) is 37.0 Å². The van der Waals surface area contributed by atoms with Crippen molar-refractivity contribution in [1.82, 2.24) is 14.8 Å². The normalized spacial score (nSPS) is 11.3. The van der Waals surface area contributed by atoms with Crippen LogP contribution in [0.15, 0.2) is 79.7 Å². The van der Waals surface area contributed by atoms with Gasteiger partial charge < -0.3 is 15.2 Å². The lowest BCUT2D eigenvalue weighted by Crippen LogP contribution is -2.26. The molecule has 0 aliphatic rings. The molecule has 0 spiro atoms. The first-order valence-electron chi connectivity index (χ1n) is 13.7. The first-order valence-corrected chi connectivity index (χ1v) is 13.7. The zero-order valence-electron chi connectivity index (χ0n) is 23.5. The number of benzene rings is 2. The van der Waals surface area contributed by atoms with Gasteiger partial charge in [0.15, 0.2) is 0 Å². The summed E-state index contributed by atoms with van der Waals surface area (Å²) in [7, 11) is 0. The van der Waals surface area contributed by atoms with Crippen LogP contribution in [0.5, 0.6) is 0 Å². The molecule has 3 rings (SSSR count). The average molecular weight is 558 g/mol. The lowest BCUT2D eigenvalue weighted by atomic mass is 9.88. The molecule has 0 saturated heterocycles. The summed E-state index contributed by atoms with van der Waals surface area (Å²) in [5, 5.41) is 21.4. The van der Waals surface area contributed by atoms with E-state index in [1.54, 1.807) is 6.07 Å². The van der Waals surface area contributed by atoms with Gasteiger partial charge in [0.2, 0.25) is 0 Å². The van der Waals surface area contributed by atoms with Crippen molar-refractivity contribution < 1.29 is 19.8 Å². The van der Waals surface area contributed by atoms with Crippen molar-refractivity contribution in [3.8, 4) is 0 Å². The third-order valence-corrected chi connectivity index (χ3v) is 7.16. The summed E-state index contributed by atoms with van der Waals surface area (Å²) in [6.07, 6.45) is 9.89. The molecule has 0 saturated carbocycles. The summed E-state index contributed by atoms with van der Waals surface area (Å²) in [6.45, 7) is 19.6. The summed E-state index contributed by atoms with van der Waals surface area (Å²) in [6, 6.07) is 6.05. The number of nitrogens with zero attached hydrogens (tertiary/aromatic N) is 2. The first-order chi connectivity index (χ1) is 19.7. The largest absolute Gasteiger partial charge is 0.478 e. The Kier molecular flexibility index (Phi) is 11.4. The topological polar surface area (TPSA) is 114 Å². The predicted molar refractivity (Wildman–Crippen MR) is 166 cm³/mol. The molecule has 0 radical (unpaired) electrons. The van der Waals surface area contributed by atoms with Crippen molar-refractivity contribution in [3.63, 3.8) is 0 Å². The van der Waals surface area contributed by atoms with E-state index in [-0.39, 0.29) is 16.5 Å². The molecule has 3 N–H and O–H groups in total. The number of hydrogen-bond acceptors (Lipinski definition) is 5. The van der Waals surface area contributed by atoms with Crippen LogP contribution >= 0.6 is 0 Å². The number of pyridine rings is 1. The molecule has 8 nitrogen and oxygen atoms in total. The number of aromatic amines is 1. The van der Waals surface area contributed by atoms with E-state index in [2.05, 4.69) is 41.1 Å². The predicted octanol–water partition coefficient (Wildman–Crippen LogP) is 5.29. The molecule has 216 valence electrons. The quantitative estimate of drug-likeness (QED) is 0.144. The van der Waals surface area contributed by atoms with Crippen LogP contribution in [0.4, 0.5) is 0 Å². The molecule has 3 aromatic rings. The second-order valence-corrected chi connectivity index (χ2v) is 10.0. The van der Waals surface area contributed by atoms with Crippen LogP contribution in [-0.2, 0) is 12.8 Å². The molecule has 1 aromatic heterocycles. The molecule has 0 aliphatic heterocycles. The number of carboxylic acid groups (broad SMARTS) is 2. The number of H-pyrrole nitrogens is 1. The Bertz CT molecular complexity index is 1500. The van der Waals surface area contributed by atoms with Gasteiger partial charge in [-0.05, 0) is 73.5 Å². The number of nitrogens with one attached hydrogen (secondary N) is 1. The van der Waals surface area contributed by atoms with E-state index < -0.39 is 17.5 Å². The summed E-state index contributed by atoms with van der Waals surface area (Å²) in [4.78, 5) is 44.4. The maximum atomic E-state index is 13.0. The molecule has 41 heavy (non-hydrogen) atoms. The first kappa shape index (κ1) is 31.3. The van der Waals surface area contributed by atoms with Crippen LogP contribution in [0.25, 0.3) is 21.7 Å². The lowest BCUT2D eigenvalue weighted by Gasteiger charge is -2.22. The molecule has 0 bridgehead atoms. The third-order valence-electron chi connectivity index (χ3n) is 7.16. The number of aromatic carboxylic acids is 2. The molecule has 0 amide bonds. The Morgan fingerprint density at radius 2 is 1.29 bits per heavy atom. The average Bonchev–Trinajstić information content (AvgIpc) is 2.93. The molecular formula is C33H39N3O5. The fourth-order valence-corrected chi connectivity index (χ4v) is 5.41. The molecule has 0 aliphatic carbocycles. The summed E-state index contributed by atoms with van der Waals surface area (Å²) >= 11 is 0. The monoisotopic (exact) mass is 557 g/mol. The van der Waals surface area contributed by atoms with Crippen LogP contribution in [0, 0.1) is 0 Å². The number of hydrogen-bond donors (Lipinski definition) is 3. The van der Waals surface area contributed by atoms with Gasteiger partial charge in [-0.15, -0.1) is 26.3 Å². The number of rotatable bonds is 18. The second kappa shape index (κ2) is 14.9. The zero-order chi connectivity index (χ0) is 29.9. The van der Waals surface area contributed by atoms with Gasteiger partial charge in [0.05, 0.1) is 16.6 Å². The van der Waals surface area contributed by atoms with Crippen LogP contribution in [0.2, 0.25) is 0 Å². The Labute approximate surface area is 240 Å². The Morgan fingerprint density at radius 1 is 0.756 bits per heavy atom. The maximum absolute atomic E-state index is 13.0. The minimum atomic E-state index is -1.12. The minimum absolute atomic E-state index is 0.0142. The van der Waals surface area contributed by atoms with Crippen molar-refractivity contribution >= 4 is 33.6 Å². The van der Waals surface area contributed by atoms with Gasteiger partial charge in [-0.1, -0.05) is 30.4 Å². The van der Waals surface area contributed by atoms with E-state index in [0.29, 0.717) is 56.3 Å². The highest BCUT2D eigenvalue weighted by Crippen LogP contribution is 2.32. The number of carbonyl (C=O) groups is 2. The van der Waals surface area contributed by atoms with Crippen molar-refractivity contribution in [2.45, 2.75) is 25.7 Å². The van der Waals surface area contributed by atoms with Gasteiger partial charge in [-0.3, -0.25) is 14.6 Å². The fraction of sp³-hybridized carbons (Fsp3) is 0.303. The zero-order valence-corrected chi connectivity index (χ0v) is 23.5. The highest BCUT2D eigenvalue weighted by Gasteiger charge is 2.21. The van der Waals surface area contributed by atoms with Crippen LogP contribution in [0.1, 0.15) is 44.7 Å². The molecule has 8 heteroatoms. The van der Waals surface area contributed by atoms with Crippen molar-refractivity contribution in [3.05, 3.63) is 107 Å². The van der Waals surface area contributed by atoms with E-state index in [1.165, 1.54) is 18.2 Å². The van der Waals surface area contributed by atoms with Crippen molar-refractivity contribution in [2.24, 2.45) is 0 Å². The van der Waals surface area contributed by atoms with E-state index in [4.69, 9.17) is 0 Å². The smallest absolute Gasteiger partial charge is 0.336 e. The highest BCUT2D eigenvalue weighted by atomic mass is 16.4. The molecular weight excluding hydrogens is 518 g/mol. The van der Waals surface area contributed by atoms with Crippen molar-refractivity contribution in [1.29, 1.82) is 0 Å². The van der Waals surface area contributed by atoms with Gasteiger partial charge in [-0.25, -0.2) is 9.59 Å². The molecule has 2 aromatic carbocycles. The van der Waals surface area contributed by atoms with Gasteiger partial charge in [0.25, 0.3) is 5.56 Å². The standard InChI is InChI=1S/C33H39N3O5/c1-5-15-35(16-6-2)19-9-11-24-25(12-10-20-36(17-7-3)18-8-4)30-26-14-13-23(32(38)39)21-27(26)31(37)34-29(30)22-28(24)33(40)41/h5-8,13-14,21-22H,1-4,9-12,15-20H2,(H,34,37)(H,38,39)(H,40,41). The summed E-state index contributed by atoms with van der Waals surface area (Å²) in [5.74, 6) is -2.18. The van der Waals surface area contributed by atoms with Gasteiger partial charge in [0.1, 0.15) is 0 Å². The highest BCUT2D eigenvalue weighted by molar-refractivity contribution is 6.11. The lowest BCUT2D eigenvalue weighted by molar-refractivity contribution is 0.0685. The van der Waals surface area contributed by atoms with Gasteiger partial charge in [-0.2, -0.15) is 0 Å².